The number of hydrogen-bond donors (Lipinski definition) is 2. The Hall–Kier alpha value is -1.51. The first-order valence-electron chi connectivity index (χ1n) is 7.58. The maximum Gasteiger partial charge on any atom is 0.217 e. The number of carbonyl (C=O) groups excluding carboxylic acids is 1. The van der Waals surface area contributed by atoms with E-state index in [4.69, 9.17) is 5.73 Å². The van der Waals surface area contributed by atoms with Crippen LogP contribution in [0.15, 0.2) is 12.1 Å². The van der Waals surface area contributed by atoms with Gasteiger partial charge in [-0.25, -0.2) is 0 Å². The molecule has 1 aromatic rings. The Bertz CT molecular complexity index is 484. The molecule has 0 atom stereocenters. The minimum Gasteiger partial charge on any atom is -0.507 e. The monoisotopic (exact) mass is 291 g/mol. The zero-order chi connectivity index (χ0) is 16.4. The number of aryl methyl sites for hydroxylation is 1. The zero-order valence-corrected chi connectivity index (χ0v) is 14.2. The number of rotatable bonds is 4. The third-order valence-corrected chi connectivity index (χ3v) is 3.67. The van der Waals surface area contributed by atoms with Crippen molar-refractivity contribution in [2.45, 2.75) is 71.6 Å². The topological polar surface area (TPSA) is 63.3 Å². The second-order valence-electron chi connectivity index (χ2n) is 7.86. The Morgan fingerprint density at radius 1 is 1.05 bits per heavy atom. The highest BCUT2D eigenvalue weighted by Crippen LogP contribution is 2.39. The highest BCUT2D eigenvalue weighted by molar-refractivity contribution is 5.73. The van der Waals surface area contributed by atoms with Crippen molar-refractivity contribution in [2.75, 3.05) is 0 Å². The second-order valence-corrected chi connectivity index (χ2v) is 7.86. The van der Waals surface area contributed by atoms with Crippen LogP contribution in [0.4, 0.5) is 0 Å². The molecule has 118 valence electrons. The number of phenols is 1. The molecule has 0 aliphatic rings. The van der Waals surface area contributed by atoms with E-state index in [2.05, 4.69) is 53.7 Å². The first kappa shape index (κ1) is 17.5. The van der Waals surface area contributed by atoms with Gasteiger partial charge in [0.1, 0.15) is 5.75 Å². The van der Waals surface area contributed by atoms with E-state index in [0.29, 0.717) is 12.2 Å². The molecule has 0 spiro atoms. The SMILES string of the molecule is CC(C)(C)c1cc(CCCC(N)=O)cc(C(C)(C)C)c1O. The Labute approximate surface area is 128 Å². The van der Waals surface area contributed by atoms with E-state index in [-0.39, 0.29) is 16.7 Å². The maximum atomic E-state index is 10.9. The molecule has 0 heterocycles. The highest BCUT2D eigenvalue weighted by atomic mass is 16.3. The summed E-state index contributed by atoms with van der Waals surface area (Å²) in [6.07, 6.45) is 1.94. The summed E-state index contributed by atoms with van der Waals surface area (Å²) in [5.41, 5.74) is 8.04. The fraction of sp³-hybridized carbons (Fsp3) is 0.611. The minimum absolute atomic E-state index is 0.121. The third kappa shape index (κ3) is 4.76. The van der Waals surface area contributed by atoms with Gasteiger partial charge < -0.3 is 10.8 Å². The molecule has 0 saturated carbocycles. The van der Waals surface area contributed by atoms with Gasteiger partial charge in [0.2, 0.25) is 5.91 Å². The van der Waals surface area contributed by atoms with Gasteiger partial charge in [0.05, 0.1) is 0 Å². The Morgan fingerprint density at radius 3 is 1.81 bits per heavy atom. The smallest absolute Gasteiger partial charge is 0.217 e. The molecule has 0 radical (unpaired) electrons. The number of primary amides is 1. The average Bonchev–Trinajstić information content (AvgIpc) is 2.27. The van der Waals surface area contributed by atoms with Crippen molar-refractivity contribution in [1.29, 1.82) is 0 Å². The van der Waals surface area contributed by atoms with Crippen LogP contribution in [0.2, 0.25) is 0 Å². The lowest BCUT2D eigenvalue weighted by molar-refractivity contribution is -0.118. The lowest BCUT2D eigenvalue weighted by Crippen LogP contribution is -2.18. The van der Waals surface area contributed by atoms with Gasteiger partial charge in [-0.1, -0.05) is 53.7 Å². The number of benzene rings is 1. The van der Waals surface area contributed by atoms with E-state index in [9.17, 15) is 9.90 Å². The summed E-state index contributed by atoms with van der Waals surface area (Å²) in [5, 5.41) is 10.6. The fourth-order valence-electron chi connectivity index (χ4n) is 2.45. The zero-order valence-electron chi connectivity index (χ0n) is 14.2. The summed E-state index contributed by atoms with van der Waals surface area (Å²) < 4.78 is 0. The van der Waals surface area contributed by atoms with Crippen molar-refractivity contribution in [1.82, 2.24) is 0 Å². The van der Waals surface area contributed by atoms with Crippen LogP contribution in [0.5, 0.6) is 5.75 Å². The van der Waals surface area contributed by atoms with Gasteiger partial charge in [-0.3, -0.25) is 4.79 Å². The Balaban J connectivity index is 3.24. The molecular formula is C18H29NO2. The van der Waals surface area contributed by atoms with Crippen LogP contribution in [0.3, 0.4) is 0 Å². The summed E-state index contributed by atoms with van der Waals surface area (Å²) in [6, 6.07) is 4.12. The molecule has 1 rings (SSSR count). The van der Waals surface area contributed by atoms with Gasteiger partial charge in [0.15, 0.2) is 0 Å². The van der Waals surface area contributed by atoms with Crippen molar-refractivity contribution in [3.05, 3.63) is 28.8 Å². The van der Waals surface area contributed by atoms with Crippen molar-refractivity contribution < 1.29 is 9.90 Å². The molecule has 0 bridgehead atoms. The summed E-state index contributed by atoms with van der Waals surface area (Å²) in [6.45, 7) is 12.6. The van der Waals surface area contributed by atoms with Crippen molar-refractivity contribution in [2.24, 2.45) is 5.73 Å². The molecule has 1 amide bonds. The largest absolute Gasteiger partial charge is 0.507 e. The van der Waals surface area contributed by atoms with Gasteiger partial charge in [-0.05, 0) is 40.4 Å². The first-order chi connectivity index (χ1) is 9.43. The molecule has 0 aromatic heterocycles. The van der Waals surface area contributed by atoms with E-state index >= 15 is 0 Å². The van der Waals surface area contributed by atoms with Gasteiger partial charge >= 0.3 is 0 Å². The highest BCUT2D eigenvalue weighted by Gasteiger charge is 2.26. The Kier molecular flexibility index (Phi) is 5.08. The molecule has 3 N–H and O–H groups in total. The summed E-state index contributed by atoms with van der Waals surface area (Å²) in [7, 11) is 0. The van der Waals surface area contributed by atoms with Crippen LogP contribution >= 0.6 is 0 Å². The lowest BCUT2D eigenvalue weighted by atomic mass is 9.78. The number of nitrogens with two attached hydrogens (primary N) is 1. The van der Waals surface area contributed by atoms with Gasteiger partial charge in [0, 0.05) is 6.42 Å². The number of amides is 1. The molecule has 1 aromatic carbocycles. The molecule has 0 unspecified atom stereocenters. The van der Waals surface area contributed by atoms with Gasteiger partial charge in [0.25, 0.3) is 0 Å². The van der Waals surface area contributed by atoms with Crippen LogP contribution in [-0.4, -0.2) is 11.0 Å². The number of aromatic hydroxyl groups is 1. The number of phenolic OH excluding ortho intramolecular Hbond substituents is 1. The number of carbonyl (C=O) groups is 1. The van der Waals surface area contributed by atoms with E-state index in [0.717, 1.165) is 29.5 Å². The van der Waals surface area contributed by atoms with E-state index in [1.165, 1.54) is 0 Å². The second kappa shape index (κ2) is 6.08. The molecule has 0 aliphatic carbocycles. The van der Waals surface area contributed by atoms with Crippen LogP contribution in [0.25, 0.3) is 0 Å². The number of hydrogen-bond acceptors (Lipinski definition) is 2. The summed E-state index contributed by atoms with van der Waals surface area (Å²) in [4.78, 5) is 10.9. The first-order valence-corrected chi connectivity index (χ1v) is 7.58. The summed E-state index contributed by atoms with van der Waals surface area (Å²) in [5.74, 6) is 0.134. The molecule has 0 fully saturated rings. The standard InChI is InChI=1S/C18H29NO2/c1-17(2,3)13-10-12(8-7-9-15(19)20)11-14(16(13)21)18(4,5)6/h10-11,21H,7-9H2,1-6H3,(H2,19,20). The quantitative estimate of drug-likeness (QED) is 0.886. The van der Waals surface area contributed by atoms with Crippen LogP contribution in [-0.2, 0) is 22.0 Å². The maximum absolute atomic E-state index is 10.9. The van der Waals surface area contributed by atoms with E-state index in [1.807, 2.05) is 0 Å². The molecule has 0 aliphatic heterocycles. The predicted molar refractivity (Wildman–Crippen MR) is 87.6 cm³/mol. The average molecular weight is 291 g/mol. The van der Waals surface area contributed by atoms with Gasteiger partial charge in [-0.2, -0.15) is 0 Å². The molecule has 3 heteroatoms. The van der Waals surface area contributed by atoms with Crippen LogP contribution < -0.4 is 5.73 Å². The van der Waals surface area contributed by atoms with Crippen LogP contribution in [0.1, 0.15) is 71.1 Å². The molecule has 3 nitrogen and oxygen atoms in total. The van der Waals surface area contributed by atoms with E-state index < -0.39 is 0 Å². The van der Waals surface area contributed by atoms with E-state index in [1.54, 1.807) is 0 Å². The van der Waals surface area contributed by atoms with Crippen molar-refractivity contribution in [3.8, 4) is 5.75 Å². The fourth-order valence-corrected chi connectivity index (χ4v) is 2.45. The summed E-state index contributed by atoms with van der Waals surface area (Å²) >= 11 is 0. The molecule has 21 heavy (non-hydrogen) atoms. The third-order valence-electron chi connectivity index (χ3n) is 3.67. The van der Waals surface area contributed by atoms with Crippen molar-refractivity contribution >= 4 is 5.91 Å². The normalized spacial score (nSPS) is 12.5. The Morgan fingerprint density at radius 2 is 1.48 bits per heavy atom. The van der Waals surface area contributed by atoms with Gasteiger partial charge in [-0.15, -0.1) is 0 Å². The van der Waals surface area contributed by atoms with Crippen LogP contribution in [0, 0.1) is 0 Å². The van der Waals surface area contributed by atoms with Crippen molar-refractivity contribution in [3.63, 3.8) is 0 Å². The lowest BCUT2D eigenvalue weighted by Gasteiger charge is -2.28. The molecule has 0 saturated heterocycles. The predicted octanol–water partition coefficient (Wildman–Crippen LogP) is 3.80. The minimum atomic E-state index is -0.263. The molecular weight excluding hydrogens is 262 g/mol.